The number of carbonyl (C=O) groups excluding carboxylic acids is 1. The van der Waals surface area contributed by atoms with E-state index in [1.807, 2.05) is 23.0 Å². The number of aliphatic hydroxyl groups is 1. The normalized spacial score (nSPS) is 22.5. The zero-order chi connectivity index (χ0) is 24.0. The Hall–Kier alpha value is -3.33. The van der Waals surface area contributed by atoms with Gasteiger partial charge in [-0.3, -0.25) is 14.4 Å². The number of ether oxygens (including phenoxy) is 1. The van der Waals surface area contributed by atoms with E-state index in [-0.39, 0.29) is 11.7 Å². The molecule has 2 aliphatic carbocycles. The van der Waals surface area contributed by atoms with Crippen LogP contribution in [0, 0.1) is 5.92 Å². The molecule has 9 heteroatoms. The molecule has 0 spiro atoms. The highest BCUT2D eigenvalue weighted by Crippen LogP contribution is 2.49. The molecule has 2 saturated carbocycles. The average molecular weight is 467 g/mol. The third-order valence-electron chi connectivity index (χ3n) is 7.26. The molecule has 0 radical (unpaired) electrons. The Morgan fingerprint density at radius 1 is 1.24 bits per heavy atom. The quantitative estimate of drug-likeness (QED) is 0.381. The van der Waals surface area contributed by atoms with Crippen molar-refractivity contribution in [1.82, 2.24) is 9.78 Å². The van der Waals surface area contributed by atoms with Crippen molar-refractivity contribution >= 4 is 28.3 Å². The molecule has 9 nitrogen and oxygen atoms in total. The van der Waals surface area contributed by atoms with E-state index in [1.54, 1.807) is 44.3 Å². The monoisotopic (exact) mass is 466 g/mol. The van der Waals surface area contributed by atoms with Crippen LogP contribution in [-0.2, 0) is 0 Å². The molecule has 0 atom stereocenters. The molecule has 3 aromatic rings. The second-order valence-electron chi connectivity index (χ2n) is 9.76. The minimum absolute atomic E-state index is 0.106. The maximum absolute atomic E-state index is 13.0. The van der Waals surface area contributed by atoms with E-state index in [9.17, 15) is 15.1 Å². The summed E-state index contributed by atoms with van der Waals surface area (Å²) < 4.78 is 8.38. The summed E-state index contributed by atoms with van der Waals surface area (Å²) >= 11 is 0. The van der Waals surface area contributed by atoms with Gasteiger partial charge >= 0.3 is 5.82 Å². The van der Waals surface area contributed by atoms with Crippen molar-refractivity contribution in [2.75, 3.05) is 31.4 Å². The molecule has 1 aromatic carbocycles. The maximum Gasteiger partial charge on any atom is 0.316 e. The topological polar surface area (TPSA) is 104 Å². The minimum atomic E-state index is -0.489. The Morgan fingerprint density at radius 3 is 2.62 bits per heavy atom. The van der Waals surface area contributed by atoms with Crippen LogP contribution < -0.4 is 19.7 Å². The summed E-state index contributed by atoms with van der Waals surface area (Å²) in [6.45, 7) is 0. The van der Waals surface area contributed by atoms with E-state index >= 15 is 0 Å². The van der Waals surface area contributed by atoms with Crippen molar-refractivity contribution in [3.63, 3.8) is 0 Å². The van der Waals surface area contributed by atoms with Crippen molar-refractivity contribution in [2.24, 2.45) is 5.92 Å². The molecule has 180 valence electrons. The molecule has 2 heterocycles. The molecule has 0 aliphatic heterocycles. The molecule has 1 amide bonds. The molecule has 2 fully saturated rings. The number of benzene rings is 1. The number of aromatic nitrogens is 3. The Bertz CT molecular complexity index is 1230. The third kappa shape index (κ3) is 4.04. The standard InChI is InChI=1S/C25H31N5O4/c1-28(2)23-6-4-5-21(30(23)33)24(31)26-20-13-16-15-29(27-19(16)14-22(20)34-3)18-9-11-25(32,12-10-18)17-7-8-17/h4-6,13-15,17-18,32H,7-12H2,1-3H3,(H-,26,31,33)/p+1. The van der Waals surface area contributed by atoms with E-state index in [0.717, 1.165) is 54.2 Å². The average Bonchev–Trinajstić information content (AvgIpc) is 3.60. The van der Waals surface area contributed by atoms with Gasteiger partial charge < -0.3 is 20.4 Å². The first-order valence-corrected chi connectivity index (χ1v) is 11.8. The number of nitrogens with one attached hydrogen (secondary N) is 1. The smallest absolute Gasteiger partial charge is 0.316 e. The fourth-order valence-corrected chi connectivity index (χ4v) is 5.11. The van der Waals surface area contributed by atoms with Gasteiger partial charge in [0.25, 0.3) is 5.91 Å². The Balaban J connectivity index is 1.38. The van der Waals surface area contributed by atoms with E-state index in [1.165, 1.54) is 0 Å². The van der Waals surface area contributed by atoms with Gasteiger partial charge in [0.2, 0.25) is 5.69 Å². The molecule has 3 N–H and O–H groups in total. The van der Waals surface area contributed by atoms with Crippen molar-refractivity contribution < 1.29 is 24.6 Å². The molecule has 5 rings (SSSR count). The second-order valence-corrected chi connectivity index (χ2v) is 9.76. The van der Waals surface area contributed by atoms with Crippen molar-refractivity contribution in [2.45, 2.75) is 50.2 Å². The number of anilines is 2. The molecule has 2 aromatic heterocycles. The lowest BCUT2D eigenvalue weighted by molar-refractivity contribution is -0.895. The predicted octanol–water partition coefficient (Wildman–Crippen LogP) is 3.14. The van der Waals surface area contributed by atoms with Gasteiger partial charge in [0.05, 0.1) is 44.1 Å². The molecular formula is C25H32N5O4+. The summed E-state index contributed by atoms with van der Waals surface area (Å²) in [6.07, 6.45) is 7.73. The number of hydrogen-bond acceptors (Lipinski definition) is 6. The summed E-state index contributed by atoms with van der Waals surface area (Å²) in [7, 11) is 5.13. The van der Waals surface area contributed by atoms with Gasteiger partial charge in [-0.1, -0.05) is 0 Å². The predicted molar refractivity (Wildman–Crippen MR) is 128 cm³/mol. The zero-order valence-electron chi connectivity index (χ0n) is 19.9. The summed E-state index contributed by atoms with van der Waals surface area (Å²) in [5, 5.41) is 29.9. The lowest BCUT2D eigenvalue weighted by Gasteiger charge is -2.36. The summed E-state index contributed by atoms with van der Waals surface area (Å²) in [5.41, 5.74) is 0.901. The van der Waals surface area contributed by atoms with Crippen LogP contribution >= 0.6 is 0 Å². The highest BCUT2D eigenvalue weighted by atomic mass is 16.5. The lowest BCUT2D eigenvalue weighted by atomic mass is 9.79. The zero-order valence-corrected chi connectivity index (χ0v) is 19.9. The largest absolute Gasteiger partial charge is 0.494 e. The van der Waals surface area contributed by atoms with Crippen molar-refractivity contribution in [1.29, 1.82) is 0 Å². The molecule has 0 saturated heterocycles. The maximum atomic E-state index is 13.0. The van der Waals surface area contributed by atoms with Crippen LogP contribution in [0.2, 0.25) is 0 Å². The Kier molecular flexibility index (Phi) is 5.59. The van der Waals surface area contributed by atoms with Crippen LogP contribution in [0.5, 0.6) is 5.75 Å². The number of methoxy groups -OCH3 is 1. The van der Waals surface area contributed by atoms with Gasteiger partial charge in [-0.2, -0.15) is 5.10 Å². The Morgan fingerprint density at radius 2 is 1.97 bits per heavy atom. The number of pyridine rings is 1. The van der Waals surface area contributed by atoms with E-state index in [0.29, 0.717) is 23.2 Å². The molecular weight excluding hydrogens is 434 g/mol. The number of fused-ring (bicyclic) bond motifs is 1. The highest BCUT2D eigenvalue weighted by molar-refractivity contribution is 6.04. The van der Waals surface area contributed by atoms with Crippen LogP contribution in [0.25, 0.3) is 10.9 Å². The van der Waals surface area contributed by atoms with Gasteiger partial charge in [0, 0.05) is 23.7 Å². The number of hydrogen-bond donors (Lipinski definition) is 3. The first kappa shape index (κ1) is 22.5. The van der Waals surface area contributed by atoms with Gasteiger partial charge in [-0.15, -0.1) is 0 Å². The van der Waals surface area contributed by atoms with Crippen LogP contribution in [0.3, 0.4) is 0 Å². The first-order valence-electron chi connectivity index (χ1n) is 11.8. The molecule has 2 aliphatic rings. The summed E-state index contributed by atoms with van der Waals surface area (Å²) in [5.74, 6) is 1.00. The van der Waals surface area contributed by atoms with Gasteiger partial charge in [0.15, 0.2) is 0 Å². The van der Waals surface area contributed by atoms with E-state index < -0.39 is 11.5 Å². The minimum Gasteiger partial charge on any atom is -0.494 e. The third-order valence-corrected chi connectivity index (χ3v) is 7.26. The fourth-order valence-electron chi connectivity index (χ4n) is 5.11. The fraction of sp³-hybridized carbons (Fsp3) is 0.480. The van der Waals surface area contributed by atoms with E-state index in [4.69, 9.17) is 9.84 Å². The molecule has 0 bridgehead atoms. The Labute approximate surface area is 198 Å². The van der Waals surface area contributed by atoms with Gasteiger partial charge in [-0.25, -0.2) is 0 Å². The molecule has 34 heavy (non-hydrogen) atoms. The summed E-state index contributed by atoms with van der Waals surface area (Å²) in [6, 6.07) is 8.89. The van der Waals surface area contributed by atoms with E-state index in [2.05, 4.69) is 5.32 Å². The second kappa shape index (κ2) is 8.47. The number of rotatable bonds is 6. The lowest BCUT2D eigenvalue weighted by Crippen LogP contribution is -2.44. The highest BCUT2D eigenvalue weighted by Gasteiger charge is 2.45. The van der Waals surface area contributed by atoms with Crippen molar-refractivity contribution in [3.05, 3.63) is 42.2 Å². The van der Waals surface area contributed by atoms with Crippen LogP contribution in [0.15, 0.2) is 36.5 Å². The summed E-state index contributed by atoms with van der Waals surface area (Å²) in [4.78, 5) is 14.7. The molecule has 0 unspecified atom stereocenters. The van der Waals surface area contributed by atoms with Gasteiger partial charge in [-0.05, 0) is 67.4 Å². The SMILES string of the molecule is COc1cc2nn(C3CCC(O)(C4CC4)CC3)cc2cc1NC(=O)c1cccc(N(C)C)[n+]1O. The first-order chi connectivity index (χ1) is 16.3. The van der Waals surface area contributed by atoms with Crippen LogP contribution in [0.4, 0.5) is 11.5 Å². The van der Waals surface area contributed by atoms with Crippen LogP contribution in [0.1, 0.15) is 55.1 Å². The van der Waals surface area contributed by atoms with Crippen molar-refractivity contribution in [3.8, 4) is 5.75 Å². The number of amides is 1. The number of carbonyl (C=O) groups is 1. The van der Waals surface area contributed by atoms with Crippen LogP contribution in [-0.4, -0.2) is 52.8 Å². The number of nitrogens with zero attached hydrogens (tertiary/aromatic N) is 4. The van der Waals surface area contributed by atoms with Gasteiger partial charge in [0.1, 0.15) is 5.75 Å².